The quantitative estimate of drug-likeness (QED) is 0.725. The van der Waals surface area contributed by atoms with Crippen LogP contribution in [0.25, 0.3) is 0 Å². The lowest BCUT2D eigenvalue weighted by molar-refractivity contribution is 0.0300. The number of piperidine rings is 1. The number of hydrogen-bond acceptors (Lipinski definition) is 6. The van der Waals surface area contributed by atoms with E-state index < -0.39 is 0 Å². The van der Waals surface area contributed by atoms with Gasteiger partial charge in [-0.25, -0.2) is 0 Å². The molecular formula is C23H24N2O5. The summed E-state index contributed by atoms with van der Waals surface area (Å²) in [6.07, 6.45) is 1.63. The molecule has 0 saturated carbocycles. The van der Waals surface area contributed by atoms with E-state index in [-0.39, 0.29) is 24.0 Å². The third-order valence-corrected chi connectivity index (χ3v) is 6.00. The Balaban J connectivity index is 1.28. The van der Waals surface area contributed by atoms with Crippen LogP contribution in [-0.2, 0) is 0 Å². The molecule has 2 aromatic rings. The van der Waals surface area contributed by atoms with Crippen LogP contribution in [0.1, 0.15) is 33.6 Å². The fourth-order valence-electron chi connectivity index (χ4n) is 4.62. The summed E-state index contributed by atoms with van der Waals surface area (Å²) in [5.74, 6) is 1.49. The zero-order chi connectivity index (χ0) is 20.7. The number of hydrogen-bond donors (Lipinski definition) is 0. The van der Waals surface area contributed by atoms with E-state index in [0.717, 1.165) is 30.9 Å². The van der Waals surface area contributed by atoms with Gasteiger partial charge in [0.2, 0.25) is 0 Å². The van der Waals surface area contributed by atoms with Gasteiger partial charge in [0, 0.05) is 13.1 Å². The largest absolute Gasteiger partial charge is 0.496 e. The van der Waals surface area contributed by atoms with Gasteiger partial charge in [-0.1, -0.05) is 18.2 Å². The molecule has 3 heterocycles. The van der Waals surface area contributed by atoms with E-state index in [1.165, 1.54) is 12.0 Å². The Morgan fingerprint density at radius 3 is 2.73 bits per heavy atom. The van der Waals surface area contributed by atoms with Crippen LogP contribution >= 0.6 is 0 Å². The molecule has 2 atom stereocenters. The molecule has 156 valence electrons. The molecule has 5 rings (SSSR count). The van der Waals surface area contributed by atoms with Crippen LogP contribution in [0.3, 0.4) is 0 Å². The first-order chi connectivity index (χ1) is 14.7. The van der Waals surface area contributed by atoms with Crippen molar-refractivity contribution in [1.82, 2.24) is 9.80 Å². The van der Waals surface area contributed by atoms with Gasteiger partial charge in [0.1, 0.15) is 18.5 Å². The summed E-state index contributed by atoms with van der Waals surface area (Å²) in [6.45, 7) is 2.72. The number of nitrogens with zero attached hydrogens (tertiary/aromatic N) is 2. The zero-order valence-electron chi connectivity index (χ0n) is 16.9. The SMILES string of the molecule is COc1cccc2c1C(=O)N(C1CCCN(CC3COc4ccccc4O3)C1)C2=O. The highest BCUT2D eigenvalue weighted by Gasteiger charge is 2.43. The normalized spacial score (nSPS) is 23.4. The molecule has 0 aromatic heterocycles. The second kappa shape index (κ2) is 7.65. The monoisotopic (exact) mass is 408 g/mol. The first kappa shape index (κ1) is 18.9. The molecular weight excluding hydrogens is 384 g/mol. The lowest BCUT2D eigenvalue weighted by Gasteiger charge is -2.38. The summed E-state index contributed by atoms with van der Waals surface area (Å²) in [5.41, 5.74) is 0.805. The van der Waals surface area contributed by atoms with Gasteiger partial charge < -0.3 is 14.2 Å². The minimum atomic E-state index is -0.259. The maximum Gasteiger partial charge on any atom is 0.265 e. The molecule has 7 heteroatoms. The van der Waals surface area contributed by atoms with Crippen molar-refractivity contribution in [3.8, 4) is 17.2 Å². The molecule has 30 heavy (non-hydrogen) atoms. The Morgan fingerprint density at radius 1 is 1.07 bits per heavy atom. The number of ether oxygens (including phenoxy) is 3. The molecule has 2 unspecified atom stereocenters. The van der Waals surface area contributed by atoms with Crippen molar-refractivity contribution >= 4 is 11.8 Å². The van der Waals surface area contributed by atoms with E-state index in [0.29, 0.717) is 36.6 Å². The van der Waals surface area contributed by atoms with Crippen LogP contribution in [0, 0.1) is 0 Å². The second-order valence-electron chi connectivity index (χ2n) is 7.92. The predicted octanol–water partition coefficient (Wildman–Crippen LogP) is 2.60. The number of methoxy groups -OCH3 is 1. The summed E-state index contributed by atoms with van der Waals surface area (Å²) in [6, 6.07) is 12.7. The number of para-hydroxylation sites is 2. The highest BCUT2D eigenvalue weighted by atomic mass is 16.6. The van der Waals surface area contributed by atoms with Gasteiger partial charge in [-0.2, -0.15) is 0 Å². The van der Waals surface area contributed by atoms with Crippen molar-refractivity contribution in [2.75, 3.05) is 33.4 Å². The maximum atomic E-state index is 13.1. The van der Waals surface area contributed by atoms with Crippen LogP contribution in [0.15, 0.2) is 42.5 Å². The molecule has 3 aliphatic heterocycles. The first-order valence-electron chi connectivity index (χ1n) is 10.3. The molecule has 2 amide bonds. The van der Waals surface area contributed by atoms with E-state index in [2.05, 4.69) is 4.90 Å². The highest BCUT2D eigenvalue weighted by molar-refractivity contribution is 6.22. The first-order valence-corrected chi connectivity index (χ1v) is 10.3. The lowest BCUT2D eigenvalue weighted by Crippen LogP contribution is -2.52. The molecule has 1 saturated heterocycles. The number of carbonyl (C=O) groups is 2. The Hall–Kier alpha value is -3.06. The Labute approximate surface area is 175 Å². The smallest absolute Gasteiger partial charge is 0.265 e. The van der Waals surface area contributed by atoms with Crippen molar-refractivity contribution in [2.45, 2.75) is 25.0 Å². The summed E-state index contributed by atoms with van der Waals surface area (Å²) < 4.78 is 17.2. The number of fused-ring (bicyclic) bond motifs is 2. The third-order valence-electron chi connectivity index (χ3n) is 6.00. The van der Waals surface area contributed by atoms with Gasteiger partial charge in [-0.3, -0.25) is 19.4 Å². The van der Waals surface area contributed by atoms with Gasteiger partial charge in [-0.05, 0) is 43.7 Å². The minimum Gasteiger partial charge on any atom is -0.496 e. The van der Waals surface area contributed by atoms with Crippen LogP contribution in [0.4, 0.5) is 0 Å². The molecule has 2 aromatic carbocycles. The van der Waals surface area contributed by atoms with E-state index in [9.17, 15) is 9.59 Å². The van der Waals surface area contributed by atoms with Gasteiger partial charge in [0.15, 0.2) is 11.5 Å². The molecule has 0 bridgehead atoms. The van der Waals surface area contributed by atoms with E-state index in [1.807, 2.05) is 24.3 Å². The molecule has 0 aliphatic carbocycles. The number of rotatable bonds is 4. The average Bonchev–Trinajstić information content (AvgIpc) is 3.04. The lowest BCUT2D eigenvalue weighted by atomic mass is 10.0. The number of amides is 2. The topological polar surface area (TPSA) is 68.3 Å². The van der Waals surface area contributed by atoms with Crippen molar-refractivity contribution in [3.05, 3.63) is 53.6 Å². The highest BCUT2D eigenvalue weighted by Crippen LogP contribution is 2.34. The van der Waals surface area contributed by atoms with E-state index in [4.69, 9.17) is 14.2 Å². The van der Waals surface area contributed by atoms with Gasteiger partial charge >= 0.3 is 0 Å². The number of imide groups is 1. The fraction of sp³-hybridized carbons (Fsp3) is 0.391. The van der Waals surface area contributed by atoms with Crippen LogP contribution in [-0.4, -0.2) is 67.1 Å². The van der Waals surface area contributed by atoms with Crippen molar-refractivity contribution in [1.29, 1.82) is 0 Å². The second-order valence-corrected chi connectivity index (χ2v) is 7.92. The number of likely N-dealkylation sites (tertiary alicyclic amines) is 1. The van der Waals surface area contributed by atoms with Crippen molar-refractivity contribution < 1.29 is 23.8 Å². The van der Waals surface area contributed by atoms with Crippen molar-refractivity contribution in [3.63, 3.8) is 0 Å². The Morgan fingerprint density at radius 2 is 1.90 bits per heavy atom. The third kappa shape index (κ3) is 3.19. The van der Waals surface area contributed by atoms with E-state index in [1.54, 1.807) is 18.2 Å². The van der Waals surface area contributed by atoms with Crippen molar-refractivity contribution in [2.24, 2.45) is 0 Å². The molecule has 7 nitrogen and oxygen atoms in total. The van der Waals surface area contributed by atoms with Gasteiger partial charge in [0.05, 0.1) is 24.3 Å². The Kier molecular flexibility index (Phi) is 4.83. The molecule has 0 radical (unpaired) electrons. The van der Waals surface area contributed by atoms with Gasteiger partial charge in [-0.15, -0.1) is 0 Å². The summed E-state index contributed by atoms with van der Waals surface area (Å²) in [7, 11) is 1.52. The van der Waals surface area contributed by atoms with Crippen LogP contribution < -0.4 is 14.2 Å². The Bertz CT molecular complexity index is 991. The summed E-state index contributed by atoms with van der Waals surface area (Å²) in [4.78, 5) is 29.8. The standard InChI is InChI=1S/C23H24N2O5/c1-28-20-10-4-7-17-21(20)23(27)25(22(17)26)15-6-5-11-24(12-15)13-16-14-29-18-8-2-3-9-19(18)30-16/h2-4,7-10,15-16H,5-6,11-14H2,1H3. The molecule has 0 N–H and O–H groups in total. The average molecular weight is 408 g/mol. The van der Waals surface area contributed by atoms with Gasteiger partial charge in [0.25, 0.3) is 11.8 Å². The predicted molar refractivity (Wildman–Crippen MR) is 109 cm³/mol. The minimum absolute atomic E-state index is 0.0825. The van der Waals surface area contributed by atoms with Crippen LogP contribution in [0.5, 0.6) is 17.2 Å². The molecule has 0 spiro atoms. The molecule has 1 fully saturated rings. The summed E-state index contributed by atoms with van der Waals surface area (Å²) >= 11 is 0. The molecule has 3 aliphatic rings. The van der Waals surface area contributed by atoms with Crippen LogP contribution in [0.2, 0.25) is 0 Å². The maximum absolute atomic E-state index is 13.1. The number of carbonyl (C=O) groups excluding carboxylic acids is 2. The summed E-state index contributed by atoms with van der Waals surface area (Å²) in [5, 5.41) is 0. The number of benzene rings is 2. The fourth-order valence-corrected chi connectivity index (χ4v) is 4.62. The zero-order valence-corrected chi connectivity index (χ0v) is 16.9. The van der Waals surface area contributed by atoms with E-state index >= 15 is 0 Å².